The van der Waals surface area contributed by atoms with Gasteiger partial charge in [-0.15, -0.1) is 0 Å². The van der Waals surface area contributed by atoms with E-state index in [9.17, 15) is 5.11 Å². The molecule has 0 bridgehead atoms. The lowest BCUT2D eigenvalue weighted by molar-refractivity contribution is 0.00301. The van der Waals surface area contributed by atoms with Crippen LogP contribution in [-0.4, -0.2) is 10.7 Å². The van der Waals surface area contributed by atoms with Crippen molar-refractivity contribution in [3.63, 3.8) is 0 Å². The SMILES string of the molecule is C[C@]1(O)CC[C@@](C)(c2ccc(Cl)c(Cl)c2)CC1. The van der Waals surface area contributed by atoms with Gasteiger partial charge in [-0.25, -0.2) is 0 Å². The summed E-state index contributed by atoms with van der Waals surface area (Å²) in [5, 5.41) is 11.2. The van der Waals surface area contributed by atoms with Crippen LogP contribution < -0.4 is 0 Å². The Labute approximate surface area is 113 Å². The molecule has 2 rings (SSSR count). The zero-order chi connectivity index (χ0) is 12.7. The second-order valence-electron chi connectivity index (χ2n) is 5.69. The maximum Gasteiger partial charge on any atom is 0.0620 e. The van der Waals surface area contributed by atoms with Crippen LogP contribution in [0.3, 0.4) is 0 Å². The Morgan fingerprint density at radius 2 is 1.59 bits per heavy atom. The Kier molecular flexibility index (Phi) is 3.46. The molecular weight excluding hydrogens is 255 g/mol. The monoisotopic (exact) mass is 272 g/mol. The zero-order valence-electron chi connectivity index (χ0n) is 10.3. The van der Waals surface area contributed by atoms with Crippen molar-refractivity contribution in [2.24, 2.45) is 0 Å². The van der Waals surface area contributed by atoms with E-state index in [4.69, 9.17) is 23.2 Å². The van der Waals surface area contributed by atoms with E-state index in [0.29, 0.717) is 10.0 Å². The van der Waals surface area contributed by atoms with Gasteiger partial charge in [0.05, 0.1) is 15.6 Å². The van der Waals surface area contributed by atoms with E-state index < -0.39 is 5.60 Å². The van der Waals surface area contributed by atoms with E-state index >= 15 is 0 Å². The zero-order valence-corrected chi connectivity index (χ0v) is 11.8. The summed E-state index contributed by atoms with van der Waals surface area (Å²) in [5.41, 5.74) is 0.828. The predicted octanol–water partition coefficient (Wildman–Crippen LogP) is 4.58. The summed E-state index contributed by atoms with van der Waals surface area (Å²) in [6, 6.07) is 5.87. The number of halogens is 2. The van der Waals surface area contributed by atoms with Crippen LogP contribution in [0.15, 0.2) is 18.2 Å². The number of benzene rings is 1. The summed E-state index contributed by atoms with van der Waals surface area (Å²) in [7, 11) is 0. The van der Waals surface area contributed by atoms with Crippen LogP contribution >= 0.6 is 23.2 Å². The molecular formula is C14H18Cl2O. The summed E-state index contributed by atoms with van der Waals surface area (Å²) in [5.74, 6) is 0. The van der Waals surface area contributed by atoms with Gasteiger partial charge in [0.1, 0.15) is 0 Å². The summed E-state index contributed by atoms with van der Waals surface area (Å²) in [6.45, 7) is 4.16. The predicted molar refractivity (Wildman–Crippen MR) is 72.9 cm³/mol. The molecule has 1 aliphatic carbocycles. The molecule has 1 fully saturated rings. The summed E-state index contributed by atoms with van der Waals surface area (Å²) in [4.78, 5) is 0. The minimum atomic E-state index is -0.504. The van der Waals surface area contributed by atoms with Gasteiger partial charge in [-0.05, 0) is 55.7 Å². The molecule has 1 saturated carbocycles. The molecule has 94 valence electrons. The highest BCUT2D eigenvalue weighted by Crippen LogP contribution is 2.43. The van der Waals surface area contributed by atoms with Crippen molar-refractivity contribution in [2.45, 2.75) is 50.5 Å². The van der Waals surface area contributed by atoms with Gasteiger partial charge < -0.3 is 5.11 Å². The first kappa shape index (κ1) is 13.2. The third kappa shape index (κ3) is 2.78. The third-order valence-corrected chi connectivity index (χ3v) is 4.79. The second kappa shape index (κ2) is 4.46. The standard InChI is InChI=1S/C14H18Cl2O/c1-13(5-7-14(2,17)8-6-13)10-3-4-11(15)12(16)9-10/h3-4,9,17H,5-8H2,1-2H3/t13-,14+. The summed E-state index contributed by atoms with van der Waals surface area (Å²) in [6.07, 6.45) is 3.64. The maximum atomic E-state index is 10.0. The first-order valence-corrected chi connectivity index (χ1v) is 6.76. The molecule has 0 saturated heterocycles. The Bertz CT molecular complexity index is 416. The topological polar surface area (TPSA) is 20.2 Å². The quantitative estimate of drug-likeness (QED) is 0.794. The maximum absolute atomic E-state index is 10.0. The molecule has 0 spiro atoms. The van der Waals surface area contributed by atoms with Crippen LogP contribution in [0, 0.1) is 0 Å². The molecule has 0 radical (unpaired) electrons. The van der Waals surface area contributed by atoms with Crippen molar-refractivity contribution in [3.8, 4) is 0 Å². The van der Waals surface area contributed by atoms with Gasteiger partial charge >= 0.3 is 0 Å². The molecule has 0 aromatic heterocycles. The molecule has 0 atom stereocenters. The van der Waals surface area contributed by atoms with Crippen LogP contribution in [0.1, 0.15) is 45.1 Å². The van der Waals surface area contributed by atoms with E-state index in [2.05, 4.69) is 6.92 Å². The van der Waals surface area contributed by atoms with Gasteiger partial charge in [0, 0.05) is 0 Å². The molecule has 1 N–H and O–H groups in total. The van der Waals surface area contributed by atoms with E-state index in [1.165, 1.54) is 5.56 Å². The summed E-state index contributed by atoms with van der Waals surface area (Å²) < 4.78 is 0. The molecule has 0 aliphatic heterocycles. The largest absolute Gasteiger partial charge is 0.390 e. The minimum absolute atomic E-state index is 0.108. The average molecular weight is 273 g/mol. The minimum Gasteiger partial charge on any atom is -0.390 e. The first-order valence-electron chi connectivity index (χ1n) is 6.00. The smallest absolute Gasteiger partial charge is 0.0620 e. The van der Waals surface area contributed by atoms with E-state index in [0.717, 1.165) is 25.7 Å². The Morgan fingerprint density at radius 1 is 1.00 bits per heavy atom. The van der Waals surface area contributed by atoms with Gasteiger partial charge in [-0.1, -0.05) is 36.2 Å². The molecule has 1 aromatic carbocycles. The molecule has 0 unspecified atom stereocenters. The normalized spacial score (nSPS) is 33.7. The van der Waals surface area contributed by atoms with E-state index in [-0.39, 0.29) is 5.41 Å². The highest BCUT2D eigenvalue weighted by molar-refractivity contribution is 6.42. The van der Waals surface area contributed by atoms with Crippen molar-refractivity contribution in [3.05, 3.63) is 33.8 Å². The molecule has 0 amide bonds. The van der Waals surface area contributed by atoms with Crippen molar-refractivity contribution in [1.82, 2.24) is 0 Å². The fourth-order valence-corrected chi connectivity index (χ4v) is 2.80. The molecule has 1 nitrogen and oxygen atoms in total. The molecule has 17 heavy (non-hydrogen) atoms. The van der Waals surface area contributed by atoms with Crippen LogP contribution in [0.5, 0.6) is 0 Å². The Balaban J connectivity index is 2.24. The van der Waals surface area contributed by atoms with E-state index in [1.807, 2.05) is 25.1 Å². The second-order valence-corrected chi connectivity index (χ2v) is 6.50. The Hall–Kier alpha value is -0.240. The fourth-order valence-electron chi connectivity index (χ4n) is 2.50. The van der Waals surface area contributed by atoms with Gasteiger partial charge in [-0.2, -0.15) is 0 Å². The molecule has 0 heterocycles. The molecule has 1 aromatic rings. The first-order chi connectivity index (χ1) is 7.82. The van der Waals surface area contributed by atoms with Crippen molar-refractivity contribution in [2.75, 3.05) is 0 Å². The van der Waals surface area contributed by atoms with Crippen LogP contribution in [-0.2, 0) is 5.41 Å². The lowest BCUT2D eigenvalue weighted by Crippen LogP contribution is -2.37. The number of rotatable bonds is 1. The number of aliphatic hydroxyl groups is 1. The fraction of sp³-hybridized carbons (Fsp3) is 0.571. The highest BCUT2D eigenvalue weighted by Gasteiger charge is 2.37. The van der Waals surface area contributed by atoms with Gasteiger partial charge in [0.2, 0.25) is 0 Å². The van der Waals surface area contributed by atoms with Crippen LogP contribution in [0.2, 0.25) is 10.0 Å². The van der Waals surface area contributed by atoms with Crippen molar-refractivity contribution in [1.29, 1.82) is 0 Å². The van der Waals surface area contributed by atoms with Gasteiger partial charge in [0.25, 0.3) is 0 Å². The Morgan fingerprint density at radius 3 is 2.12 bits per heavy atom. The molecule has 3 heteroatoms. The lowest BCUT2D eigenvalue weighted by atomic mass is 9.67. The van der Waals surface area contributed by atoms with Crippen LogP contribution in [0.25, 0.3) is 0 Å². The number of hydrogen-bond donors (Lipinski definition) is 1. The third-order valence-electron chi connectivity index (χ3n) is 4.05. The van der Waals surface area contributed by atoms with Crippen molar-refractivity contribution < 1.29 is 5.11 Å². The van der Waals surface area contributed by atoms with E-state index in [1.54, 1.807) is 0 Å². The average Bonchev–Trinajstić information content (AvgIpc) is 2.27. The van der Waals surface area contributed by atoms with Crippen LogP contribution in [0.4, 0.5) is 0 Å². The van der Waals surface area contributed by atoms with Crippen molar-refractivity contribution >= 4 is 23.2 Å². The van der Waals surface area contributed by atoms with Gasteiger partial charge in [0.15, 0.2) is 0 Å². The molecule has 1 aliphatic rings. The van der Waals surface area contributed by atoms with Gasteiger partial charge in [-0.3, -0.25) is 0 Å². The highest BCUT2D eigenvalue weighted by atomic mass is 35.5. The lowest BCUT2D eigenvalue weighted by Gasteiger charge is -2.41. The summed E-state index contributed by atoms with van der Waals surface area (Å²) >= 11 is 12.0. The number of hydrogen-bond acceptors (Lipinski definition) is 1.